The molecule has 196 valence electrons. The van der Waals surface area contributed by atoms with Gasteiger partial charge in [0.2, 0.25) is 5.91 Å². The van der Waals surface area contributed by atoms with Gasteiger partial charge in [0.25, 0.3) is 17.5 Å². The van der Waals surface area contributed by atoms with E-state index in [1.54, 1.807) is 29.3 Å². The molecule has 3 aromatic rings. The van der Waals surface area contributed by atoms with Crippen LogP contribution in [0.25, 0.3) is 0 Å². The number of benzene rings is 1. The van der Waals surface area contributed by atoms with Crippen LogP contribution in [0.2, 0.25) is 0 Å². The first kappa shape index (κ1) is 25.1. The summed E-state index contributed by atoms with van der Waals surface area (Å²) in [6.45, 7) is 0.633. The Kier molecular flexibility index (Phi) is 6.88. The molecule has 0 bridgehead atoms. The van der Waals surface area contributed by atoms with Crippen molar-refractivity contribution in [3.63, 3.8) is 0 Å². The molecule has 2 aromatic heterocycles. The first-order valence-corrected chi connectivity index (χ1v) is 12.1. The average molecular weight is 520 g/mol. The van der Waals surface area contributed by atoms with Crippen LogP contribution in [0.4, 0.5) is 5.69 Å². The molecule has 5 rings (SSSR count). The zero-order valence-corrected chi connectivity index (χ0v) is 20.3. The van der Waals surface area contributed by atoms with E-state index in [9.17, 15) is 24.5 Å². The van der Waals surface area contributed by atoms with Gasteiger partial charge in [0.1, 0.15) is 11.8 Å². The first-order chi connectivity index (χ1) is 18.4. The van der Waals surface area contributed by atoms with Crippen molar-refractivity contribution in [2.75, 3.05) is 19.7 Å². The molecule has 1 spiro atoms. The molecule has 12 nitrogen and oxygen atoms in total. The minimum Gasteiger partial charge on any atom is -0.459 e. The number of likely N-dealkylation sites (tertiary alicyclic amines) is 1. The van der Waals surface area contributed by atoms with Crippen LogP contribution in [0.5, 0.6) is 0 Å². The predicted octanol–water partition coefficient (Wildman–Crippen LogP) is 2.37. The fraction of sp³-hybridized carbons (Fsp3) is 0.308. The highest BCUT2D eigenvalue weighted by atomic mass is 16.6. The number of carbonyl (C=O) groups is 3. The highest BCUT2D eigenvalue weighted by molar-refractivity contribution is 5.97. The average Bonchev–Trinajstić information content (AvgIpc) is 3.61. The summed E-state index contributed by atoms with van der Waals surface area (Å²) in [5.41, 5.74) is -0.404. The van der Waals surface area contributed by atoms with Crippen molar-refractivity contribution in [1.29, 1.82) is 0 Å². The van der Waals surface area contributed by atoms with E-state index in [1.807, 2.05) is 6.07 Å². The third-order valence-corrected chi connectivity index (χ3v) is 6.82. The van der Waals surface area contributed by atoms with Crippen LogP contribution in [-0.2, 0) is 16.1 Å². The molecule has 2 aliphatic heterocycles. The largest absolute Gasteiger partial charge is 0.459 e. The van der Waals surface area contributed by atoms with Gasteiger partial charge in [0, 0.05) is 49.8 Å². The Morgan fingerprint density at radius 1 is 1.08 bits per heavy atom. The van der Waals surface area contributed by atoms with E-state index in [-0.39, 0.29) is 67.9 Å². The Labute approximate surface area is 217 Å². The summed E-state index contributed by atoms with van der Waals surface area (Å²) in [7, 11) is 0. The summed E-state index contributed by atoms with van der Waals surface area (Å²) < 4.78 is 11.5. The van der Waals surface area contributed by atoms with E-state index in [0.717, 1.165) is 0 Å². The lowest BCUT2D eigenvalue weighted by atomic mass is 9.96. The summed E-state index contributed by atoms with van der Waals surface area (Å²) in [5.74, 6) is -1.14. The molecule has 2 fully saturated rings. The third-order valence-electron chi connectivity index (χ3n) is 6.82. The second kappa shape index (κ2) is 10.4. The van der Waals surface area contributed by atoms with Gasteiger partial charge >= 0.3 is 0 Å². The number of carbonyl (C=O) groups excluding carboxylic acids is 3. The molecule has 12 heteroatoms. The Morgan fingerprint density at radius 2 is 1.89 bits per heavy atom. The molecule has 1 atom stereocenters. The quantitative estimate of drug-likeness (QED) is 0.386. The number of hydrogen-bond donors (Lipinski definition) is 1. The molecule has 0 unspecified atom stereocenters. The minimum atomic E-state index is -1.11. The normalized spacial score (nSPS) is 18.4. The van der Waals surface area contributed by atoms with Gasteiger partial charge in [0.05, 0.1) is 30.0 Å². The molecule has 0 saturated carbocycles. The number of piperidine rings is 1. The smallest absolute Gasteiger partial charge is 0.292 e. The summed E-state index contributed by atoms with van der Waals surface area (Å²) in [6.07, 6.45) is 3.52. The van der Waals surface area contributed by atoms with Gasteiger partial charge in [-0.2, -0.15) is 0 Å². The standard InChI is InChI=1S/C26H25N5O7/c32-23(28-16-19-6-1-2-11-27-19)21-17-38-26(30(21)25(34)22-8-4-14-37-22)9-12-29(13-10-26)24(33)18-5-3-7-20(15-18)31(35)36/h1-8,11,14-15,21H,9-10,12-13,16-17H2,(H,28,32)/t21-/m1/s1. The number of rotatable bonds is 6. The van der Waals surface area contributed by atoms with Crippen LogP contribution < -0.4 is 5.32 Å². The van der Waals surface area contributed by atoms with Crippen molar-refractivity contribution < 1.29 is 28.5 Å². The molecule has 0 radical (unpaired) electrons. The van der Waals surface area contributed by atoms with E-state index in [4.69, 9.17) is 9.15 Å². The van der Waals surface area contributed by atoms with E-state index < -0.39 is 22.6 Å². The number of non-ortho nitro benzene ring substituents is 1. The van der Waals surface area contributed by atoms with Crippen molar-refractivity contribution in [2.45, 2.75) is 31.2 Å². The van der Waals surface area contributed by atoms with Gasteiger partial charge < -0.3 is 19.4 Å². The molecular weight excluding hydrogens is 494 g/mol. The van der Waals surface area contributed by atoms with Crippen LogP contribution >= 0.6 is 0 Å². The van der Waals surface area contributed by atoms with Crippen molar-refractivity contribution in [3.05, 3.63) is 94.2 Å². The number of pyridine rings is 1. The number of nitrogens with one attached hydrogen (secondary N) is 1. The predicted molar refractivity (Wildman–Crippen MR) is 132 cm³/mol. The van der Waals surface area contributed by atoms with Crippen LogP contribution in [0.1, 0.15) is 39.4 Å². The van der Waals surface area contributed by atoms with Gasteiger partial charge in [-0.3, -0.25) is 34.4 Å². The molecule has 2 aliphatic rings. The summed E-state index contributed by atoms with van der Waals surface area (Å²) >= 11 is 0. The second-order valence-corrected chi connectivity index (χ2v) is 9.06. The fourth-order valence-electron chi connectivity index (χ4n) is 4.88. The number of amides is 3. The molecule has 0 aliphatic carbocycles. The number of hydrogen-bond acceptors (Lipinski definition) is 8. The lowest BCUT2D eigenvalue weighted by molar-refractivity contribution is -0.384. The molecule has 3 amide bonds. The molecule has 38 heavy (non-hydrogen) atoms. The number of ether oxygens (including phenoxy) is 1. The first-order valence-electron chi connectivity index (χ1n) is 12.1. The van der Waals surface area contributed by atoms with Crippen molar-refractivity contribution in [2.24, 2.45) is 0 Å². The van der Waals surface area contributed by atoms with Crippen molar-refractivity contribution >= 4 is 23.4 Å². The van der Waals surface area contributed by atoms with Crippen LogP contribution in [0, 0.1) is 10.1 Å². The lowest BCUT2D eigenvalue weighted by Crippen LogP contribution is -2.59. The minimum absolute atomic E-state index is 0.0146. The highest BCUT2D eigenvalue weighted by Gasteiger charge is 2.54. The highest BCUT2D eigenvalue weighted by Crippen LogP contribution is 2.39. The number of furan rings is 1. The fourth-order valence-corrected chi connectivity index (χ4v) is 4.88. The maximum atomic E-state index is 13.5. The molecule has 1 N–H and O–H groups in total. The molecule has 1 aromatic carbocycles. The monoisotopic (exact) mass is 519 g/mol. The van der Waals surface area contributed by atoms with Gasteiger partial charge in [-0.1, -0.05) is 12.1 Å². The third kappa shape index (κ3) is 4.85. The lowest BCUT2D eigenvalue weighted by Gasteiger charge is -2.44. The van der Waals surface area contributed by atoms with Crippen molar-refractivity contribution in [3.8, 4) is 0 Å². The maximum absolute atomic E-state index is 13.5. The Morgan fingerprint density at radius 3 is 2.58 bits per heavy atom. The topological polar surface area (TPSA) is 148 Å². The van der Waals surface area contributed by atoms with Gasteiger partial charge in [-0.05, 0) is 30.3 Å². The van der Waals surface area contributed by atoms with E-state index >= 15 is 0 Å². The van der Waals surface area contributed by atoms with Gasteiger partial charge in [-0.25, -0.2) is 0 Å². The summed E-state index contributed by atoms with van der Waals surface area (Å²) in [5, 5.41) is 13.9. The Hall–Kier alpha value is -4.58. The van der Waals surface area contributed by atoms with Crippen LogP contribution in [0.3, 0.4) is 0 Å². The van der Waals surface area contributed by atoms with E-state index in [0.29, 0.717) is 5.69 Å². The van der Waals surface area contributed by atoms with Crippen LogP contribution in [-0.4, -0.2) is 68.9 Å². The summed E-state index contributed by atoms with van der Waals surface area (Å²) in [6, 6.07) is 13.2. The molecular formula is C26H25N5O7. The van der Waals surface area contributed by atoms with Gasteiger partial charge in [0.15, 0.2) is 5.76 Å². The molecule has 2 saturated heterocycles. The SMILES string of the molecule is O=C(NCc1ccccn1)[C@H]1COC2(CCN(C(=O)c3cccc([N+](=O)[O-])c3)CC2)N1C(=O)c1ccco1. The zero-order chi connectivity index (χ0) is 26.7. The maximum Gasteiger partial charge on any atom is 0.292 e. The number of nitrogens with zero attached hydrogens (tertiary/aromatic N) is 4. The van der Waals surface area contributed by atoms with E-state index in [2.05, 4.69) is 10.3 Å². The Balaban J connectivity index is 1.33. The van der Waals surface area contributed by atoms with Crippen molar-refractivity contribution in [1.82, 2.24) is 20.1 Å². The zero-order valence-electron chi connectivity index (χ0n) is 20.3. The molecule has 4 heterocycles. The van der Waals surface area contributed by atoms with Crippen LogP contribution in [0.15, 0.2) is 71.5 Å². The second-order valence-electron chi connectivity index (χ2n) is 9.06. The number of nitro groups is 1. The number of nitro benzene ring substituents is 1. The van der Waals surface area contributed by atoms with E-state index in [1.165, 1.54) is 41.5 Å². The summed E-state index contributed by atoms with van der Waals surface area (Å²) in [4.78, 5) is 57.6. The Bertz CT molecular complexity index is 1340. The number of aromatic nitrogens is 1. The van der Waals surface area contributed by atoms with Gasteiger partial charge in [-0.15, -0.1) is 0 Å².